The number of pyridine rings is 4. The molecule has 0 bridgehead atoms. The first kappa shape index (κ1) is 102. The van der Waals surface area contributed by atoms with E-state index in [0.29, 0.717) is 0 Å². The van der Waals surface area contributed by atoms with Gasteiger partial charge in [-0.05, 0) is 87.1 Å². The van der Waals surface area contributed by atoms with Crippen molar-refractivity contribution >= 4 is 173 Å². The third kappa shape index (κ3) is 25.2. The van der Waals surface area contributed by atoms with Gasteiger partial charge in [0.15, 0.2) is 8.07 Å². The van der Waals surface area contributed by atoms with Crippen LogP contribution in [0, 0.1) is 12.1 Å². The van der Waals surface area contributed by atoms with Gasteiger partial charge in [-0.2, -0.15) is 0 Å². The summed E-state index contributed by atoms with van der Waals surface area (Å²) in [7, 11) is -7.28. The molecule has 0 atom stereocenters. The Bertz CT molecular complexity index is 5780. The Hall–Kier alpha value is -9.28. The fraction of sp³-hybridized carbons (Fsp3) is 0.207. The van der Waals surface area contributed by atoms with Crippen LogP contribution in [-0.4, -0.2) is 135 Å². The molecule has 8 nitrogen and oxygen atoms in total. The fourth-order valence-corrected chi connectivity index (χ4v) is 36.2. The molecule has 0 N–H and O–H groups in total. The zero-order valence-corrected chi connectivity index (χ0v) is 95.6. The summed E-state index contributed by atoms with van der Waals surface area (Å²) < 4.78 is 31.8. The zero-order valence-electron chi connectivity index (χ0n) is 81.7. The first-order valence-corrected chi connectivity index (χ1v) is 81.5. The Kier molecular flexibility index (Phi) is 33.9. The standard InChI is InChI=1S/C36H42B2O4Si.C34H38Ge2N2Si.C34H36Ge2N2Si.2C6H6.Pt/c1-33(2)34(3,4)40-37(39-33)27-17-15-23-31(25-27)43(29-19-11-9-12-20-29,30-21-13-10-14-22-30)32-24-16-18-28(26-32)38-41-35(5,6)36(7,8)42-38;2*1-35(2,3)28-18-20-33(37-24-28)26-12-10-16-31(22-26)39(30-14-8-7-9-15-30)32-17-11-13-27(23-32)34-21-19-29(25-38-34)36(4,5)6;2*1-2-4-6-5-3-1;/h9-26H,1-8H3;7-25,39H,1-6H3;7-21,24-25,39H,1-6H3;2*1-6H;/q;;-2;;;+2. The molecular formula is C116H128B2Ge4N4O4PtSi3. The number of benzene rings is 12. The van der Waals surface area contributed by atoms with E-state index in [2.05, 4.69) is 465 Å². The quantitative estimate of drug-likeness (QED) is 0.0424. The van der Waals surface area contributed by atoms with Gasteiger partial charge in [-0.1, -0.05) is 182 Å². The smallest absolute Gasteiger partial charge is 0.0623 e. The van der Waals surface area contributed by atoms with Crippen LogP contribution < -0.4 is 80.4 Å². The fourth-order valence-electron chi connectivity index (χ4n) is 16.7. The monoisotopic (exact) mass is 2240 g/mol. The molecule has 2 saturated heterocycles. The summed E-state index contributed by atoms with van der Waals surface area (Å²) in [5, 5.41) is 13.2. The molecule has 2 aliphatic rings. The molecule has 2 aliphatic heterocycles. The van der Waals surface area contributed by atoms with E-state index in [-0.39, 0.29) is 21.1 Å². The molecule has 12 aromatic carbocycles. The van der Waals surface area contributed by atoms with Crippen LogP contribution in [0.1, 0.15) is 55.4 Å². The third-order valence-corrected chi connectivity index (χ3v) is 53.9. The van der Waals surface area contributed by atoms with E-state index < -0.39 is 115 Å². The molecule has 0 spiro atoms. The first-order chi connectivity index (χ1) is 63.5. The first-order valence-electron chi connectivity index (χ1n) is 46.7. The minimum absolute atomic E-state index is 0. The van der Waals surface area contributed by atoms with E-state index in [0.717, 1.165) is 44.8 Å². The molecule has 0 unspecified atom stereocenters. The predicted molar refractivity (Wildman–Crippen MR) is 588 cm³/mol. The van der Waals surface area contributed by atoms with Gasteiger partial charge in [0, 0.05) is 0 Å². The van der Waals surface area contributed by atoms with E-state index in [9.17, 15) is 0 Å². The number of hydrogen-bond donors (Lipinski definition) is 0. The topological polar surface area (TPSA) is 88.5 Å². The van der Waals surface area contributed by atoms with Crippen molar-refractivity contribution in [2.75, 3.05) is 0 Å². The van der Waals surface area contributed by atoms with Crippen molar-refractivity contribution in [3.8, 4) is 45.0 Å². The summed E-state index contributed by atoms with van der Waals surface area (Å²) in [5.74, 6) is 28.9. The van der Waals surface area contributed by atoms with Gasteiger partial charge in [0.05, 0.1) is 22.4 Å². The Morgan fingerprint density at radius 2 is 0.507 bits per heavy atom. The second-order valence-electron chi connectivity index (χ2n) is 40.9. The van der Waals surface area contributed by atoms with E-state index >= 15 is 0 Å². The molecule has 18 heteroatoms. The van der Waals surface area contributed by atoms with Crippen LogP contribution in [0.25, 0.3) is 45.0 Å². The predicted octanol–water partition coefficient (Wildman–Crippen LogP) is 16.9. The third-order valence-electron chi connectivity index (χ3n) is 26.1. The minimum Gasteiger partial charge on any atom is -0.0623 e. The average Bonchev–Trinajstić information content (AvgIpc) is 1.14. The van der Waals surface area contributed by atoms with E-state index in [1.54, 1.807) is 0 Å². The van der Waals surface area contributed by atoms with Crippen LogP contribution in [0.3, 0.4) is 0 Å². The van der Waals surface area contributed by atoms with Crippen LogP contribution in [-0.2, 0) is 39.7 Å². The Labute approximate surface area is 829 Å². The van der Waals surface area contributed by atoms with Crippen molar-refractivity contribution in [2.45, 2.75) is 147 Å². The maximum Gasteiger partial charge on any atom is 2.00 e. The van der Waals surface area contributed by atoms with E-state index in [4.69, 9.17) is 38.6 Å². The van der Waals surface area contributed by atoms with Gasteiger partial charge in [0.25, 0.3) is 0 Å². The maximum atomic E-state index is 6.52. The summed E-state index contributed by atoms with van der Waals surface area (Å²) in [4.78, 5) is 19.5. The summed E-state index contributed by atoms with van der Waals surface area (Å²) in [5.41, 5.74) is 8.94. The van der Waals surface area contributed by atoms with Gasteiger partial charge in [-0.3, -0.25) is 0 Å². The molecule has 0 radical (unpaired) electrons. The number of rotatable bonds is 20. The van der Waals surface area contributed by atoms with Crippen LogP contribution in [0.5, 0.6) is 0 Å². The van der Waals surface area contributed by atoms with E-state index in [1.807, 2.05) is 72.8 Å². The van der Waals surface area contributed by atoms with Crippen molar-refractivity contribution in [3.05, 3.63) is 413 Å². The molecule has 6 heterocycles. The number of aromatic nitrogens is 4. The maximum absolute atomic E-state index is 6.52. The van der Waals surface area contributed by atoms with Crippen LogP contribution in [0.4, 0.5) is 0 Å². The van der Waals surface area contributed by atoms with Crippen molar-refractivity contribution in [1.29, 1.82) is 0 Å². The Morgan fingerprint density at radius 1 is 0.254 bits per heavy atom. The molecule has 2 fully saturated rings. The number of nitrogens with zero attached hydrogens (tertiary/aromatic N) is 4. The largest absolute Gasteiger partial charge is 2.00 e. The van der Waals surface area contributed by atoms with Crippen molar-refractivity contribution < 1.29 is 39.7 Å². The SMILES string of the molecule is CC1(C)OB(c2cccc([Si](c3ccccc3)(c3ccccc3)c3cccc(B4OC(C)(C)C(C)(C)O4)c3)c2)OC1(C)C.[CH3][Ge]([CH3])([CH3])[c]1ccc(-c2[c-]c([SiH](c3[c-]c(-c4cc[c]([Ge]([CH3])([CH3])[CH3])cn4)ccc3)c3ccccc3)ccc2)nc1.[CH3][Ge]([CH3])([CH3])[c]1ccc(-c2cccc([SiH](c3ccccc3)c3cccc(-c4cc[c]([Ge]([CH3])([CH3])[CH3])cn4)c3)c2)nc1.[Pt+2].c1ccccc1.c1ccccc1. The summed E-state index contributed by atoms with van der Waals surface area (Å²) in [6.45, 7) is 16.8. The van der Waals surface area contributed by atoms with Crippen molar-refractivity contribution in [3.63, 3.8) is 0 Å². The van der Waals surface area contributed by atoms with Crippen molar-refractivity contribution in [1.82, 2.24) is 19.9 Å². The van der Waals surface area contributed by atoms with Crippen LogP contribution in [0.2, 0.25) is 69.1 Å². The Morgan fingerprint density at radius 3 is 0.799 bits per heavy atom. The zero-order chi connectivity index (χ0) is 94.4. The summed E-state index contributed by atoms with van der Waals surface area (Å²) in [6.07, 6.45) is 8.39. The molecule has 134 heavy (non-hydrogen) atoms. The van der Waals surface area contributed by atoms with Gasteiger partial charge in [-0.15, -0.1) is 0 Å². The van der Waals surface area contributed by atoms with E-state index in [1.165, 1.54) is 80.6 Å². The van der Waals surface area contributed by atoms with Gasteiger partial charge >= 0.3 is 520 Å². The summed E-state index contributed by atoms with van der Waals surface area (Å²) >= 11 is -7.60. The molecule has 16 aromatic rings. The van der Waals surface area contributed by atoms with Crippen molar-refractivity contribution in [2.24, 2.45) is 0 Å². The van der Waals surface area contributed by atoms with Gasteiger partial charge in [0.2, 0.25) is 0 Å². The average molecular weight is 2230 g/mol. The molecule has 680 valence electrons. The Balaban J connectivity index is 0.000000159. The van der Waals surface area contributed by atoms with Gasteiger partial charge in [0.1, 0.15) is 0 Å². The summed E-state index contributed by atoms with van der Waals surface area (Å²) in [6, 6.07) is 142. The number of hydrogen-bond acceptors (Lipinski definition) is 8. The molecule has 4 aromatic heterocycles. The second kappa shape index (κ2) is 44.5. The molecule has 0 saturated carbocycles. The molecule has 18 rings (SSSR count). The molecular weight excluding hydrogens is 2100 g/mol. The second-order valence-corrected chi connectivity index (χ2v) is 93.0. The van der Waals surface area contributed by atoms with Gasteiger partial charge in [-0.25, -0.2) is 0 Å². The normalized spacial score (nSPS) is 14.3. The minimum atomic E-state index is -2.83. The van der Waals surface area contributed by atoms with Crippen LogP contribution in [0.15, 0.2) is 401 Å². The van der Waals surface area contributed by atoms with Crippen LogP contribution >= 0.6 is 0 Å². The van der Waals surface area contributed by atoms with Gasteiger partial charge < -0.3 is 18.6 Å². The molecule has 0 aliphatic carbocycles. The molecule has 0 amide bonds.